The standard InChI is InChI=1S/C22H18N4OS/c1-2-12-26-20(23-17-11-7-6-10-16(17)21(26)27)19-18(15-8-4-3-5-9-15)24-22-25(19)13-14-28-22/h2-11,13-14,20,23H,1,12H2. The molecule has 3 heterocycles. The Morgan fingerprint density at radius 1 is 1.14 bits per heavy atom. The average molecular weight is 386 g/mol. The largest absolute Gasteiger partial charge is 0.359 e. The molecule has 0 bridgehead atoms. The number of amides is 1. The van der Waals surface area contributed by atoms with E-state index in [1.807, 2.05) is 71.1 Å². The molecule has 1 aliphatic heterocycles. The van der Waals surface area contributed by atoms with Crippen molar-refractivity contribution in [3.63, 3.8) is 0 Å². The van der Waals surface area contributed by atoms with Gasteiger partial charge in [-0.05, 0) is 12.1 Å². The molecule has 0 fully saturated rings. The van der Waals surface area contributed by atoms with Gasteiger partial charge in [-0.3, -0.25) is 9.20 Å². The van der Waals surface area contributed by atoms with Gasteiger partial charge in [-0.1, -0.05) is 48.5 Å². The zero-order valence-electron chi connectivity index (χ0n) is 15.1. The van der Waals surface area contributed by atoms with Crippen LogP contribution in [0.2, 0.25) is 0 Å². The van der Waals surface area contributed by atoms with Crippen LogP contribution < -0.4 is 5.32 Å². The van der Waals surface area contributed by atoms with Crippen molar-refractivity contribution in [2.75, 3.05) is 11.9 Å². The van der Waals surface area contributed by atoms with Crippen LogP contribution in [0.3, 0.4) is 0 Å². The van der Waals surface area contributed by atoms with E-state index in [1.54, 1.807) is 17.4 Å². The van der Waals surface area contributed by atoms with E-state index >= 15 is 0 Å². The molecule has 138 valence electrons. The van der Waals surface area contributed by atoms with E-state index in [0.717, 1.165) is 27.6 Å². The minimum absolute atomic E-state index is 0.0107. The van der Waals surface area contributed by atoms with Gasteiger partial charge in [-0.15, -0.1) is 17.9 Å². The number of para-hydroxylation sites is 1. The van der Waals surface area contributed by atoms with E-state index in [0.29, 0.717) is 12.1 Å². The highest BCUT2D eigenvalue weighted by Gasteiger charge is 2.36. The molecule has 6 heteroatoms. The lowest BCUT2D eigenvalue weighted by Crippen LogP contribution is -2.43. The highest BCUT2D eigenvalue weighted by Crippen LogP contribution is 2.38. The Morgan fingerprint density at radius 3 is 2.75 bits per heavy atom. The van der Waals surface area contributed by atoms with Crippen molar-refractivity contribution in [1.29, 1.82) is 0 Å². The summed E-state index contributed by atoms with van der Waals surface area (Å²) in [4.78, 5) is 20.8. The van der Waals surface area contributed by atoms with Crippen LogP contribution in [0, 0.1) is 0 Å². The van der Waals surface area contributed by atoms with E-state index < -0.39 is 0 Å². The highest BCUT2D eigenvalue weighted by atomic mass is 32.1. The quantitative estimate of drug-likeness (QED) is 0.512. The molecular formula is C22H18N4OS. The smallest absolute Gasteiger partial charge is 0.258 e. The molecule has 1 atom stereocenters. The van der Waals surface area contributed by atoms with Crippen LogP contribution in [0.1, 0.15) is 22.2 Å². The van der Waals surface area contributed by atoms with Crippen molar-refractivity contribution in [2.45, 2.75) is 6.17 Å². The third kappa shape index (κ3) is 2.53. The Hall–Kier alpha value is -3.38. The predicted octanol–water partition coefficient (Wildman–Crippen LogP) is 4.82. The predicted molar refractivity (Wildman–Crippen MR) is 113 cm³/mol. The molecule has 2 aromatic carbocycles. The molecule has 0 radical (unpaired) electrons. The van der Waals surface area contributed by atoms with Gasteiger partial charge in [-0.2, -0.15) is 0 Å². The second kappa shape index (κ2) is 6.65. The van der Waals surface area contributed by atoms with Crippen LogP contribution in [-0.4, -0.2) is 26.7 Å². The minimum Gasteiger partial charge on any atom is -0.359 e. The van der Waals surface area contributed by atoms with Crippen LogP contribution in [0.4, 0.5) is 5.69 Å². The number of hydrogen-bond acceptors (Lipinski definition) is 4. The topological polar surface area (TPSA) is 49.6 Å². The lowest BCUT2D eigenvalue weighted by molar-refractivity contribution is 0.0704. The van der Waals surface area contributed by atoms with Crippen molar-refractivity contribution in [3.8, 4) is 11.3 Å². The molecule has 0 aliphatic carbocycles. The van der Waals surface area contributed by atoms with Gasteiger partial charge in [0.15, 0.2) is 4.96 Å². The number of benzene rings is 2. The number of fused-ring (bicyclic) bond motifs is 2. The molecular weight excluding hydrogens is 368 g/mol. The first kappa shape index (κ1) is 16.8. The summed E-state index contributed by atoms with van der Waals surface area (Å²) in [5.74, 6) is -0.0107. The third-order valence-corrected chi connectivity index (χ3v) is 5.71. The molecule has 4 aromatic rings. The molecule has 28 heavy (non-hydrogen) atoms. The van der Waals surface area contributed by atoms with Gasteiger partial charge in [0.05, 0.1) is 17.0 Å². The number of nitrogens with zero attached hydrogens (tertiary/aromatic N) is 3. The molecule has 1 N–H and O–H groups in total. The summed E-state index contributed by atoms with van der Waals surface area (Å²) in [7, 11) is 0. The molecule has 1 amide bonds. The number of hydrogen-bond donors (Lipinski definition) is 1. The summed E-state index contributed by atoms with van der Waals surface area (Å²) >= 11 is 1.58. The fourth-order valence-corrected chi connectivity index (χ4v) is 4.43. The van der Waals surface area contributed by atoms with Crippen LogP contribution in [-0.2, 0) is 0 Å². The minimum atomic E-state index is -0.347. The van der Waals surface area contributed by atoms with E-state index in [1.165, 1.54) is 0 Å². The van der Waals surface area contributed by atoms with Gasteiger partial charge in [0.2, 0.25) is 0 Å². The first-order chi connectivity index (χ1) is 13.8. The fraction of sp³-hybridized carbons (Fsp3) is 0.0909. The number of carbonyl (C=O) groups excluding carboxylic acids is 1. The molecule has 0 saturated carbocycles. The number of nitrogens with one attached hydrogen (secondary N) is 1. The summed E-state index contributed by atoms with van der Waals surface area (Å²) in [6.07, 6.45) is 3.42. The molecule has 2 aromatic heterocycles. The fourth-order valence-electron chi connectivity index (χ4n) is 3.71. The van der Waals surface area contributed by atoms with Gasteiger partial charge in [0, 0.05) is 29.4 Å². The van der Waals surface area contributed by atoms with Crippen LogP contribution in [0.5, 0.6) is 0 Å². The number of thiazole rings is 1. The lowest BCUT2D eigenvalue weighted by Gasteiger charge is -2.37. The zero-order chi connectivity index (χ0) is 19.1. The Kier molecular flexibility index (Phi) is 3.98. The van der Waals surface area contributed by atoms with Crippen molar-refractivity contribution < 1.29 is 4.79 Å². The monoisotopic (exact) mass is 386 g/mol. The molecule has 1 aliphatic rings. The molecule has 5 nitrogen and oxygen atoms in total. The van der Waals surface area contributed by atoms with Crippen molar-refractivity contribution in [1.82, 2.24) is 14.3 Å². The summed E-state index contributed by atoms with van der Waals surface area (Å²) in [6, 6.07) is 17.7. The normalized spacial score (nSPS) is 16.1. The lowest BCUT2D eigenvalue weighted by atomic mass is 10.0. The van der Waals surface area contributed by atoms with E-state index in [2.05, 4.69) is 16.3 Å². The van der Waals surface area contributed by atoms with Gasteiger partial charge in [-0.25, -0.2) is 4.98 Å². The number of carbonyl (C=O) groups is 1. The Balaban J connectivity index is 1.73. The van der Waals surface area contributed by atoms with E-state index in [-0.39, 0.29) is 12.1 Å². The van der Waals surface area contributed by atoms with Crippen molar-refractivity contribution in [3.05, 3.63) is 90.1 Å². The summed E-state index contributed by atoms with van der Waals surface area (Å²) in [5, 5.41) is 5.57. The maximum Gasteiger partial charge on any atom is 0.258 e. The Morgan fingerprint density at radius 2 is 1.93 bits per heavy atom. The maximum absolute atomic E-state index is 13.2. The first-order valence-electron chi connectivity index (χ1n) is 9.06. The van der Waals surface area contributed by atoms with Gasteiger partial charge in [0.25, 0.3) is 5.91 Å². The van der Waals surface area contributed by atoms with Crippen LogP contribution >= 0.6 is 11.3 Å². The molecule has 5 rings (SSSR count). The molecule has 0 saturated heterocycles. The Labute approximate surface area is 166 Å². The molecule has 0 spiro atoms. The van der Waals surface area contributed by atoms with Gasteiger partial charge < -0.3 is 10.2 Å². The highest BCUT2D eigenvalue weighted by molar-refractivity contribution is 7.15. The van der Waals surface area contributed by atoms with Crippen LogP contribution in [0.15, 0.2) is 78.8 Å². The van der Waals surface area contributed by atoms with E-state index in [9.17, 15) is 4.79 Å². The van der Waals surface area contributed by atoms with E-state index in [4.69, 9.17) is 4.98 Å². The van der Waals surface area contributed by atoms with Gasteiger partial charge >= 0.3 is 0 Å². The van der Waals surface area contributed by atoms with Crippen LogP contribution in [0.25, 0.3) is 16.2 Å². The first-order valence-corrected chi connectivity index (χ1v) is 9.94. The second-order valence-corrected chi connectivity index (χ2v) is 7.48. The Bertz CT molecular complexity index is 1180. The third-order valence-electron chi connectivity index (χ3n) is 4.95. The van der Waals surface area contributed by atoms with Crippen molar-refractivity contribution in [2.24, 2.45) is 0 Å². The number of anilines is 1. The zero-order valence-corrected chi connectivity index (χ0v) is 15.9. The average Bonchev–Trinajstić information content (AvgIpc) is 3.32. The van der Waals surface area contributed by atoms with Crippen molar-refractivity contribution >= 4 is 27.9 Å². The second-order valence-electron chi connectivity index (χ2n) is 6.61. The maximum atomic E-state index is 13.2. The number of imidazole rings is 1. The summed E-state index contributed by atoms with van der Waals surface area (Å²) in [6.45, 7) is 4.29. The summed E-state index contributed by atoms with van der Waals surface area (Å²) < 4.78 is 2.07. The summed E-state index contributed by atoms with van der Waals surface area (Å²) in [5.41, 5.74) is 4.37. The molecule has 1 unspecified atom stereocenters. The number of rotatable bonds is 4. The number of aromatic nitrogens is 2. The SMILES string of the molecule is C=CCN1C(=O)c2ccccc2NC1c1c(-c2ccccc2)nc2sccn12. The van der Waals surface area contributed by atoms with Gasteiger partial charge in [0.1, 0.15) is 6.17 Å².